The topological polar surface area (TPSA) is 96.3 Å². The predicted octanol–water partition coefficient (Wildman–Crippen LogP) is 3.40. The lowest BCUT2D eigenvalue weighted by atomic mass is 10.3. The van der Waals surface area contributed by atoms with Gasteiger partial charge in [-0.15, -0.1) is 11.8 Å². The first-order valence-electron chi connectivity index (χ1n) is 8.65. The molecule has 144 valence electrons. The zero-order valence-corrected chi connectivity index (χ0v) is 15.9. The Morgan fingerprint density at radius 1 is 1.04 bits per heavy atom. The molecule has 1 aromatic carbocycles. The Kier molecular flexibility index (Phi) is 7.08. The number of furan rings is 1. The summed E-state index contributed by atoms with van der Waals surface area (Å²) in [7, 11) is 0. The summed E-state index contributed by atoms with van der Waals surface area (Å²) >= 11 is 1.69. The number of urea groups is 1. The molecular formula is C20H20N4O3S. The van der Waals surface area contributed by atoms with Crippen molar-refractivity contribution in [2.45, 2.75) is 17.2 Å². The van der Waals surface area contributed by atoms with E-state index < -0.39 is 6.03 Å². The van der Waals surface area contributed by atoms with Gasteiger partial charge in [0.05, 0.1) is 19.4 Å². The summed E-state index contributed by atoms with van der Waals surface area (Å²) in [6.45, 7) is 0.139. The predicted molar refractivity (Wildman–Crippen MR) is 108 cm³/mol. The second-order valence-corrected chi connectivity index (χ2v) is 6.89. The Morgan fingerprint density at radius 2 is 1.89 bits per heavy atom. The van der Waals surface area contributed by atoms with E-state index in [0.29, 0.717) is 11.4 Å². The van der Waals surface area contributed by atoms with Gasteiger partial charge in [0, 0.05) is 28.7 Å². The summed E-state index contributed by atoms with van der Waals surface area (Å²) < 4.78 is 5.11. The van der Waals surface area contributed by atoms with Crippen LogP contribution in [-0.4, -0.2) is 23.5 Å². The minimum absolute atomic E-state index is 0.124. The van der Waals surface area contributed by atoms with Crippen molar-refractivity contribution in [1.29, 1.82) is 0 Å². The second kappa shape index (κ2) is 10.2. The van der Waals surface area contributed by atoms with E-state index in [-0.39, 0.29) is 19.0 Å². The SMILES string of the molecule is O=C(CNC(=O)NCc1ccco1)Nc1ccc(SCc2cccnc2)cc1. The number of carbonyl (C=O) groups excluding carboxylic acids is 2. The molecule has 0 bridgehead atoms. The van der Waals surface area contributed by atoms with Crippen LogP contribution >= 0.6 is 11.8 Å². The molecular weight excluding hydrogens is 376 g/mol. The molecule has 2 heterocycles. The fourth-order valence-corrected chi connectivity index (χ4v) is 3.13. The van der Waals surface area contributed by atoms with Gasteiger partial charge in [-0.05, 0) is 48.0 Å². The van der Waals surface area contributed by atoms with Gasteiger partial charge in [0.2, 0.25) is 5.91 Å². The third-order valence-corrected chi connectivity index (χ3v) is 4.76. The first-order valence-corrected chi connectivity index (χ1v) is 9.63. The number of thioether (sulfide) groups is 1. The highest BCUT2D eigenvalue weighted by Gasteiger charge is 2.06. The van der Waals surface area contributed by atoms with Crippen molar-refractivity contribution in [3.8, 4) is 0 Å². The lowest BCUT2D eigenvalue weighted by Gasteiger charge is -2.08. The maximum Gasteiger partial charge on any atom is 0.315 e. The molecule has 8 heteroatoms. The van der Waals surface area contributed by atoms with Gasteiger partial charge < -0.3 is 20.4 Å². The van der Waals surface area contributed by atoms with Crippen molar-refractivity contribution in [3.63, 3.8) is 0 Å². The molecule has 0 atom stereocenters. The van der Waals surface area contributed by atoms with E-state index in [2.05, 4.69) is 20.9 Å². The zero-order valence-electron chi connectivity index (χ0n) is 15.1. The number of nitrogens with zero attached hydrogens (tertiary/aromatic N) is 1. The Balaban J connectivity index is 1.37. The standard InChI is InChI=1S/C20H20N4O3S/c25-19(13-23-20(26)22-12-17-4-2-10-27-17)24-16-5-7-18(8-6-16)28-14-15-3-1-9-21-11-15/h1-11H,12-14H2,(H,24,25)(H2,22,23,26). The van der Waals surface area contributed by atoms with Crippen molar-refractivity contribution in [3.05, 3.63) is 78.5 Å². The number of anilines is 1. The first-order chi connectivity index (χ1) is 13.7. The molecule has 3 aromatic rings. The minimum atomic E-state index is -0.436. The van der Waals surface area contributed by atoms with Crippen LogP contribution in [0.3, 0.4) is 0 Å². The molecule has 2 aromatic heterocycles. The van der Waals surface area contributed by atoms with Gasteiger partial charge in [-0.2, -0.15) is 0 Å². The maximum atomic E-state index is 12.0. The van der Waals surface area contributed by atoms with Crippen molar-refractivity contribution in [1.82, 2.24) is 15.6 Å². The number of pyridine rings is 1. The Morgan fingerprint density at radius 3 is 2.61 bits per heavy atom. The Bertz CT molecular complexity index is 884. The lowest BCUT2D eigenvalue weighted by molar-refractivity contribution is -0.115. The normalized spacial score (nSPS) is 10.3. The van der Waals surface area contributed by atoms with Crippen LogP contribution in [0, 0.1) is 0 Å². The molecule has 3 amide bonds. The number of amides is 3. The van der Waals surface area contributed by atoms with E-state index in [4.69, 9.17) is 4.42 Å². The van der Waals surface area contributed by atoms with Crippen LogP contribution in [0.1, 0.15) is 11.3 Å². The summed E-state index contributed by atoms with van der Waals surface area (Å²) in [6.07, 6.45) is 5.13. The smallest absolute Gasteiger partial charge is 0.315 e. The lowest BCUT2D eigenvalue weighted by Crippen LogP contribution is -2.39. The molecule has 0 fully saturated rings. The summed E-state index contributed by atoms with van der Waals surface area (Å²) in [4.78, 5) is 28.8. The van der Waals surface area contributed by atoms with Crippen molar-refractivity contribution in [2.24, 2.45) is 0 Å². The molecule has 0 aliphatic carbocycles. The Hall–Kier alpha value is -3.26. The van der Waals surface area contributed by atoms with E-state index in [9.17, 15) is 9.59 Å². The molecule has 0 aliphatic rings. The number of aromatic nitrogens is 1. The van der Waals surface area contributed by atoms with Crippen molar-refractivity contribution >= 4 is 29.4 Å². The van der Waals surface area contributed by atoms with Crippen LogP contribution in [0.5, 0.6) is 0 Å². The van der Waals surface area contributed by atoms with Crippen LogP contribution in [0.25, 0.3) is 0 Å². The number of nitrogens with one attached hydrogen (secondary N) is 3. The minimum Gasteiger partial charge on any atom is -0.467 e. The molecule has 0 saturated heterocycles. The number of benzene rings is 1. The van der Waals surface area contributed by atoms with Crippen LogP contribution in [0.2, 0.25) is 0 Å². The first kappa shape index (κ1) is 19.5. The summed E-state index contributed by atoms with van der Waals surface area (Å²) in [5, 5.41) is 7.86. The fourth-order valence-electron chi connectivity index (χ4n) is 2.29. The quantitative estimate of drug-likeness (QED) is 0.507. The molecule has 0 radical (unpaired) electrons. The van der Waals surface area contributed by atoms with Gasteiger partial charge in [-0.25, -0.2) is 4.79 Å². The van der Waals surface area contributed by atoms with Crippen molar-refractivity contribution < 1.29 is 14.0 Å². The number of hydrogen-bond acceptors (Lipinski definition) is 5. The average molecular weight is 396 g/mol. The van der Waals surface area contributed by atoms with E-state index in [1.54, 1.807) is 30.1 Å². The largest absolute Gasteiger partial charge is 0.467 e. The Labute approximate surface area is 166 Å². The average Bonchev–Trinajstić information content (AvgIpc) is 3.25. The molecule has 3 rings (SSSR count). The summed E-state index contributed by atoms with van der Waals surface area (Å²) in [5.74, 6) is 1.17. The number of rotatable bonds is 8. The third-order valence-electron chi connectivity index (χ3n) is 3.68. The molecule has 7 nitrogen and oxygen atoms in total. The highest BCUT2D eigenvalue weighted by Crippen LogP contribution is 2.23. The van der Waals surface area contributed by atoms with Gasteiger partial charge in [0.25, 0.3) is 0 Å². The summed E-state index contributed by atoms with van der Waals surface area (Å²) in [6, 6.07) is 14.6. The monoisotopic (exact) mass is 396 g/mol. The van der Waals surface area contributed by atoms with Gasteiger partial charge in [0.15, 0.2) is 0 Å². The molecule has 0 saturated carbocycles. The van der Waals surface area contributed by atoms with Gasteiger partial charge in [-0.1, -0.05) is 6.07 Å². The molecule has 0 unspecified atom stereocenters. The number of carbonyl (C=O) groups is 2. The van der Waals surface area contributed by atoms with Crippen LogP contribution in [0.15, 0.2) is 76.5 Å². The van der Waals surface area contributed by atoms with Crippen LogP contribution < -0.4 is 16.0 Å². The van der Waals surface area contributed by atoms with E-state index in [1.165, 1.54) is 6.26 Å². The summed E-state index contributed by atoms with van der Waals surface area (Å²) in [5.41, 5.74) is 1.83. The highest BCUT2D eigenvalue weighted by atomic mass is 32.2. The van der Waals surface area contributed by atoms with E-state index >= 15 is 0 Å². The van der Waals surface area contributed by atoms with Crippen LogP contribution in [-0.2, 0) is 17.1 Å². The van der Waals surface area contributed by atoms with E-state index in [1.807, 2.05) is 42.6 Å². The van der Waals surface area contributed by atoms with Crippen molar-refractivity contribution in [2.75, 3.05) is 11.9 Å². The maximum absolute atomic E-state index is 12.0. The van der Waals surface area contributed by atoms with Gasteiger partial charge >= 0.3 is 6.03 Å². The third kappa shape index (κ3) is 6.48. The molecule has 0 aliphatic heterocycles. The second-order valence-electron chi connectivity index (χ2n) is 5.84. The highest BCUT2D eigenvalue weighted by molar-refractivity contribution is 7.98. The molecule has 3 N–H and O–H groups in total. The zero-order chi connectivity index (χ0) is 19.6. The molecule has 0 spiro atoms. The van der Waals surface area contributed by atoms with Crippen LogP contribution in [0.4, 0.5) is 10.5 Å². The van der Waals surface area contributed by atoms with Gasteiger partial charge in [0.1, 0.15) is 5.76 Å². The van der Waals surface area contributed by atoms with E-state index in [0.717, 1.165) is 16.2 Å². The van der Waals surface area contributed by atoms with Gasteiger partial charge in [-0.3, -0.25) is 9.78 Å². The molecule has 28 heavy (non-hydrogen) atoms. The fraction of sp³-hybridized carbons (Fsp3) is 0.150. The number of hydrogen-bond donors (Lipinski definition) is 3.